The van der Waals surface area contributed by atoms with E-state index < -0.39 is 22.6 Å². The zero-order valence-electron chi connectivity index (χ0n) is 19.5. The van der Waals surface area contributed by atoms with Crippen LogP contribution < -0.4 is 5.32 Å². The van der Waals surface area contributed by atoms with Gasteiger partial charge in [0.15, 0.2) is 6.61 Å². The molecule has 34 heavy (non-hydrogen) atoms. The van der Waals surface area contributed by atoms with E-state index in [9.17, 15) is 18.0 Å². The Morgan fingerprint density at radius 1 is 1.00 bits per heavy atom. The van der Waals surface area contributed by atoms with E-state index in [-0.39, 0.29) is 28.4 Å². The minimum atomic E-state index is -3.73. The third kappa shape index (κ3) is 5.50. The van der Waals surface area contributed by atoms with E-state index in [1.165, 1.54) is 34.1 Å². The average molecular weight is 485 g/mol. The summed E-state index contributed by atoms with van der Waals surface area (Å²) < 4.78 is 32.8. The van der Waals surface area contributed by atoms with Gasteiger partial charge >= 0.3 is 5.97 Å². The van der Waals surface area contributed by atoms with Gasteiger partial charge in [-0.1, -0.05) is 49.6 Å². The Kier molecular flexibility index (Phi) is 7.68. The lowest BCUT2D eigenvalue weighted by Gasteiger charge is -2.30. The van der Waals surface area contributed by atoms with Crippen LogP contribution in [0.15, 0.2) is 53.4 Å². The second kappa shape index (κ2) is 10.7. The number of rotatable bonds is 7. The Bertz CT molecular complexity index is 1140. The number of aryl methyl sites for hydroxylation is 1. The molecular formula is C26H32N2O5S. The van der Waals surface area contributed by atoms with Crippen LogP contribution >= 0.6 is 0 Å². The number of sulfonamides is 1. The molecule has 0 radical (unpaired) electrons. The van der Waals surface area contributed by atoms with Gasteiger partial charge in [0.05, 0.1) is 16.5 Å². The highest BCUT2D eigenvalue weighted by Gasteiger charge is 2.29. The van der Waals surface area contributed by atoms with E-state index >= 15 is 0 Å². The molecule has 2 aromatic carbocycles. The van der Waals surface area contributed by atoms with Crippen molar-refractivity contribution >= 4 is 21.9 Å². The van der Waals surface area contributed by atoms with Crippen molar-refractivity contribution in [3.8, 4) is 0 Å². The molecule has 2 aromatic rings. The van der Waals surface area contributed by atoms with Crippen LogP contribution in [0, 0.1) is 0 Å². The largest absolute Gasteiger partial charge is 0.452 e. The number of benzene rings is 2. The Morgan fingerprint density at radius 2 is 1.76 bits per heavy atom. The quantitative estimate of drug-likeness (QED) is 0.600. The second-order valence-corrected chi connectivity index (χ2v) is 11.1. The van der Waals surface area contributed by atoms with Gasteiger partial charge in [0, 0.05) is 13.1 Å². The molecule has 1 N–H and O–H groups in total. The number of carbonyl (C=O) groups excluding carboxylic acids is 2. The first-order valence-corrected chi connectivity index (χ1v) is 13.4. The predicted octanol–water partition coefficient (Wildman–Crippen LogP) is 3.99. The van der Waals surface area contributed by atoms with Crippen LogP contribution in [0.5, 0.6) is 0 Å². The van der Waals surface area contributed by atoms with Gasteiger partial charge in [-0.2, -0.15) is 4.31 Å². The monoisotopic (exact) mass is 484 g/mol. The van der Waals surface area contributed by atoms with Crippen molar-refractivity contribution in [2.24, 2.45) is 0 Å². The lowest BCUT2D eigenvalue weighted by Crippen LogP contribution is -2.38. The van der Waals surface area contributed by atoms with E-state index in [0.29, 0.717) is 0 Å². The summed E-state index contributed by atoms with van der Waals surface area (Å²) in [4.78, 5) is 25.1. The van der Waals surface area contributed by atoms with Crippen molar-refractivity contribution in [2.75, 3.05) is 13.7 Å². The van der Waals surface area contributed by atoms with Crippen LogP contribution in [-0.2, 0) is 26.0 Å². The number of ether oxygens (including phenoxy) is 1. The third-order valence-electron chi connectivity index (χ3n) is 6.87. The number of carbonyl (C=O) groups is 2. The van der Waals surface area contributed by atoms with Gasteiger partial charge in [-0.3, -0.25) is 4.79 Å². The van der Waals surface area contributed by atoms with Crippen LogP contribution in [0.2, 0.25) is 0 Å². The van der Waals surface area contributed by atoms with E-state index in [2.05, 4.69) is 11.4 Å². The SMILES string of the molecule is CN(C1CCCCC1)S(=O)(=O)c1cccc(C(=O)OCC(=O)N[C@H]2CCCc3ccccc32)c1. The lowest BCUT2D eigenvalue weighted by molar-refractivity contribution is -0.125. The van der Waals surface area contributed by atoms with Gasteiger partial charge in [0.25, 0.3) is 5.91 Å². The number of fused-ring (bicyclic) bond motifs is 1. The maximum atomic E-state index is 13.1. The molecule has 2 aliphatic rings. The minimum absolute atomic E-state index is 0.0250. The summed E-state index contributed by atoms with van der Waals surface area (Å²) in [5.74, 6) is -1.10. The molecule has 0 aliphatic heterocycles. The summed E-state index contributed by atoms with van der Waals surface area (Å²) in [5.41, 5.74) is 2.44. The van der Waals surface area contributed by atoms with Gasteiger partial charge < -0.3 is 10.1 Å². The first-order chi connectivity index (χ1) is 16.4. The number of nitrogens with zero attached hydrogens (tertiary/aromatic N) is 1. The maximum absolute atomic E-state index is 13.1. The first-order valence-electron chi connectivity index (χ1n) is 12.0. The zero-order chi connectivity index (χ0) is 24.1. The Morgan fingerprint density at radius 3 is 2.56 bits per heavy atom. The topological polar surface area (TPSA) is 92.8 Å². The summed E-state index contributed by atoms with van der Waals surface area (Å²) in [6.07, 6.45) is 7.68. The summed E-state index contributed by atoms with van der Waals surface area (Å²) in [5, 5.41) is 2.95. The molecular weight excluding hydrogens is 452 g/mol. The normalized spacial score (nSPS) is 18.8. The number of hydrogen-bond donors (Lipinski definition) is 1. The molecule has 2 aliphatic carbocycles. The molecule has 4 rings (SSSR count). The van der Waals surface area contributed by atoms with Gasteiger partial charge in [-0.05, 0) is 61.4 Å². The first kappa shape index (κ1) is 24.4. The van der Waals surface area contributed by atoms with Crippen molar-refractivity contribution in [3.05, 3.63) is 65.2 Å². The number of amides is 1. The maximum Gasteiger partial charge on any atom is 0.338 e. The Balaban J connectivity index is 1.37. The fraction of sp³-hybridized carbons (Fsp3) is 0.462. The Hall–Kier alpha value is -2.71. The smallest absolute Gasteiger partial charge is 0.338 e. The summed E-state index contributed by atoms with van der Waals surface area (Å²) in [7, 11) is -2.13. The average Bonchev–Trinajstić information content (AvgIpc) is 2.87. The molecule has 0 bridgehead atoms. The highest BCUT2D eigenvalue weighted by atomic mass is 32.2. The van der Waals surface area contributed by atoms with Gasteiger partial charge in [-0.25, -0.2) is 13.2 Å². The van der Waals surface area contributed by atoms with Crippen LogP contribution in [0.1, 0.15) is 72.5 Å². The third-order valence-corrected chi connectivity index (χ3v) is 8.78. The van der Waals surface area contributed by atoms with Crippen molar-refractivity contribution < 1.29 is 22.7 Å². The molecule has 0 unspecified atom stereocenters. The van der Waals surface area contributed by atoms with Crippen LogP contribution in [0.25, 0.3) is 0 Å². The van der Waals surface area contributed by atoms with Crippen molar-refractivity contribution in [1.82, 2.24) is 9.62 Å². The van der Waals surface area contributed by atoms with Gasteiger partial charge in [0.1, 0.15) is 0 Å². The van der Waals surface area contributed by atoms with Crippen molar-refractivity contribution in [2.45, 2.75) is 68.3 Å². The van der Waals surface area contributed by atoms with Crippen LogP contribution in [0.3, 0.4) is 0 Å². The van der Waals surface area contributed by atoms with E-state index in [0.717, 1.165) is 56.9 Å². The molecule has 0 heterocycles. The van der Waals surface area contributed by atoms with E-state index in [1.54, 1.807) is 7.05 Å². The molecule has 182 valence electrons. The van der Waals surface area contributed by atoms with E-state index in [1.807, 2.05) is 18.2 Å². The zero-order valence-corrected chi connectivity index (χ0v) is 20.4. The second-order valence-electron chi connectivity index (χ2n) is 9.13. The van der Waals surface area contributed by atoms with Crippen molar-refractivity contribution in [3.63, 3.8) is 0 Å². The molecule has 1 atom stereocenters. The minimum Gasteiger partial charge on any atom is -0.452 e. The van der Waals surface area contributed by atoms with Crippen LogP contribution in [0.4, 0.5) is 0 Å². The molecule has 1 fully saturated rings. The fourth-order valence-corrected chi connectivity index (χ4v) is 6.41. The van der Waals surface area contributed by atoms with Gasteiger partial charge in [-0.15, -0.1) is 0 Å². The molecule has 8 heteroatoms. The summed E-state index contributed by atoms with van der Waals surface area (Å²) in [6.45, 7) is -0.420. The van der Waals surface area contributed by atoms with Crippen molar-refractivity contribution in [1.29, 1.82) is 0 Å². The lowest BCUT2D eigenvalue weighted by atomic mass is 9.88. The molecule has 0 saturated heterocycles. The molecule has 0 aromatic heterocycles. The molecule has 0 spiro atoms. The highest BCUT2D eigenvalue weighted by molar-refractivity contribution is 7.89. The number of hydrogen-bond acceptors (Lipinski definition) is 5. The Labute approximate surface area is 201 Å². The molecule has 1 saturated carbocycles. The fourth-order valence-electron chi connectivity index (χ4n) is 4.94. The standard InChI is InChI=1S/C26H32N2O5S/c1-28(21-12-3-2-4-13-21)34(31,32)22-14-7-11-20(17-22)26(30)33-18-25(29)27-24-16-8-10-19-9-5-6-15-23(19)24/h5-7,9,11,14-15,17,21,24H,2-4,8,10,12-13,16,18H2,1H3,(H,27,29)/t24-/m0/s1. The number of nitrogens with one attached hydrogen (secondary N) is 1. The van der Waals surface area contributed by atoms with E-state index in [4.69, 9.17) is 4.74 Å². The summed E-state index contributed by atoms with van der Waals surface area (Å²) in [6, 6.07) is 13.7. The number of esters is 1. The molecule has 1 amide bonds. The summed E-state index contributed by atoms with van der Waals surface area (Å²) >= 11 is 0. The molecule has 7 nitrogen and oxygen atoms in total. The van der Waals surface area contributed by atoms with Crippen LogP contribution in [-0.4, -0.2) is 44.3 Å². The van der Waals surface area contributed by atoms with Gasteiger partial charge in [0.2, 0.25) is 10.0 Å². The predicted molar refractivity (Wildman–Crippen MR) is 129 cm³/mol. The highest BCUT2D eigenvalue weighted by Crippen LogP contribution is 2.29.